The molecular formula is C15H27N5O7. The highest BCUT2D eigenvalue weighted by Crippen LogP contribution is 2.06. The van der Waals surface area contributed by atoms with Gasteiger partial charge in [-0.3, -0.25) is 19.2 Å². The van der Waals surface area contributed by atoms with Gasteiger partial charge in [0.2, 0.25) is 17.7 Å². The Balaban J connectivity index is 4.54. The highest BCUT2D eigenvalue weighted by molar-refractivity contribution is 5.89. The van der Waals surface area contributed by atoms with E-state index in [1.54, 1.807) is 0 Å². The van der Waals surface area contributed by atoms with Crippen LogP contribution in [-0.4, -0.2) is 64.0 Å². The zero-order valence-electron chi connectivity index (χ0n) is 15.0. The lowest BCUT2D eigenvalue weighted by atomic mass is 10.1. The van der Waals surface area contributed by atoms with Crippen LogP contribution in [0.3, 0.4) is 0 Å². The third-order valence-corrected chi connectivity index (χ3v) is 3.69. The van der Waals surface area contributed by atoms with Crippen molar-refractivity contribution in [1.82, 2.24) is 10.6 Å². The molecule has 154 valence electrons. The highest BCUT2D eigenvalue weighted by Gasteiger charge is 2.24. The molecule has 10 N–H and O–H groups in total. The summed E-state index contributed by atoms with van der Waals surface area (Å²) in [4.78, 5) is 56.6. The van der Waals surface area contributed by atoms with Gasteiger partial charge in [0.05, 0.1) is 6.04 Å². The summed E-state index contributed by atoms with van der Waals surface area (Å²) in [5, 5.41) is 22.4. The van der Waals surface area contributed by atoms with Crippen LogP contribution in [0.4, 0.5) is 0 Å². The van der Waals surface area contributed by atoms with E-state index in [0.29, 0.717) is 0 Å². The van der Waals surface area contributed by atoms with Gasteiger partial charge in [-0.15, -0.1) is 0 Å². The number of amides is 3. The predicted molar refractivity (Wildman–Crippen MR) is 93.0 cm³/mol. The van der Waals surface area contributed by atoms with Crippen molar-refractivity contribution in [3.05, 3.63) is 0 Å². The molecule has 0 unspecified atom stereocenters. The van der Waals surface area contributed by atoms with Gasteiger partial charge in [-0.25, -0.2) is 4.79 Å². The van der Waals surface area contributed by atoms with E-state index in [1.807, 2.05) is 0 Å². The molecule has 0 aromatic rings. The molecule has 0 aromatic carbocycles. The lowest BCUT2D eigenvalue weighted by Crippen LogP contribution is -2.50. The second-order valence-electron chi connectivity index (χ2n) is 6.12. The van der Waals surface area contributed by atoms with Crippen LogP contribution in [0.2, 0.25) is 0 Å². The molecular weight excluding hydrogens is 362 g/mol. The number of hydrogen-bond donors (Lipinski definition) is 7. The van der Waals surface area contributed by atoms with Crippen molar-refractivity contribution in [2.45, 2.75) is 63.2 Å². The molecule has 3 amide bonds. The molecule has 4 atom stereocenters. The van der Waals surface area contributed by atoms with Gasteiger partial charge in [-0.05, 0) is 32.6 Å². The molecule has 0 aliphatic rings. The van der Waals surface area contributed by atoms with E-state index in [2.05, 4.69) is 10.6 Å². The van der Waals surface area contributed by atoms with E-state index < -0.39 is 53.8 Å². The van der Waals surface area contributed by atoms with Gasteiger partial charge in [0.15, 0.2) is 0 Å². The van der Waals surface area contributed by atoms with E-state index >= 15 is 0 Å². The molecule has 0 fully saturated rings. The summed E-state index contributed by atoms with van der Waals surface area (Å²) < 4.78 is 0. The summed E-state index contributed by atoms with van der Waals surface area (Å²) in [6.07, 6.45) is -0.162. The largest absolute Gasteiger partial charge is 0.480 e. The number of rotatable bonds is 13. The second kappa shape index (κ2) is 11.8. The molecule has 12 heteroatoms. The molecule has 0 aliphatic carbocycles. The van der Waals surface area contributed by atoms with Gasteiger partial charge < -0.3 is 38.0 Å². The summed E-state index contributed by atoms with van der Waals surface area (Å²) in [5.41, 5.74) is 15.9. The Bertz CT molecular complexity index is 567. The fourth-order valence-electron chi connectivity index (χ4n) is 2.05. The minimum atomic E-state index is -1.29. The first kappa shape index (κ1) is 24.3. The van der Waals surface area contributed by atoms with Crippen molar-refractivity contribution in [3.63, 3.8) is 0 Å². The summed E-state index contributed by atoms with van der Waals surface area (Å²) >= 11 is 0. The smallest absolute Gasteiger partial charge is 0.326 e. The van der Waals surface area contributed by atoms with Crippen molar-refractivity contribution < 1.29 is 34.2 Å². The molecule has 0 bridgehead atoms. The van der Waals surface area contributed by atoms with Crippen LogP contribution in [0.25, 0.3) is 0 Å². The summed E-state index contributed by atoms with van der Waals surface area (Å²) in [5.74, 6) is -4.61. The first-order valence-corrected chi connectivity index (χ1v) is 8.31. The van der Waals surface area contributed by atoms with Crippen molar-refractivity contribution in [3.8, 4) is 0 Å². The molecule has 12 nitrogen and oxygen atoms in total. The molecule has 0 radical (unpaired) electrons. The lowest BCUT2D eigenvalue weighted by molar-refractivity contribution is -0.142. The van der Waals surface area contributed by atoms with Crippen molar-refractivity contribution >= 4 is 29.7 Å². The topological polar surface area (TPSA) is 228 Å². The fraction of sp³-hybridized carbons (Fsp3) is 0.667. The molecule has 0 aliphatic heterocycles. The Hall–Kier alpha value is -2.73. The molecule has 0 spiro atoms. The van der Waals surface area contributed by atoms with E-state index in [0.717, 1.165) is 0 Å². The van der Waals surface area contributed by atoms with Gasteiger partial charge in [0.1, 0.15) is 18.1 Å². The maximum absolute atomic E-state index is 11.9. The third kappa shape index (κ3) is 10.1. The van der Waals surface area contributed by atoms with Crippen LogP contribution in [0, 0.1) is 0 Å². The van der Waals surface area contributed by atoms with Gasteiger partial charge in [-0.2, -0.15) is 0 Å². The van der Waals surface area contributed by atoms with Gasteiger partial charge in [0, 0.05) is 6.42 Å². The minimum absolute atomic E-state index is 0.0112. The van der Waals surface area contributed by atoms with Crippen LogP contribution >= 0.6 is 0 Å². The fourth-order valence-corrected chi connectivity index (χ4v) is 2.05. The Morgan fingerprint density at radius 2 is 1.48 bits per heavy atom. The quantitative estimate of drug-likeness (QED) is 0.173. The standard InChI is InChI=1S/C15H27N5O7/c1-7(16)13(23)20-9(12(18)22)5-6-11(21)19-10(15(26)27)4-2-3-8(17)14(24)25/h7-10H,2-6,16-17H2,1H3,(H2,18,22)(H,19,21)(H,20,23)(H,24,25)(H,26,27)/t7-,8+,9+,10-/m0/s1. The number of carboxylic acids is 2. The Morgan fingerprint density at radius 1 is 0.889 bits per heavy atom. The zero-order chi connectivity index (χ0) is 21.1. The number of primary amides is 1. The van der Waals surface area contributed by atoms with Gasteiger partial charge >= 0.3 is 11.9 Å². The van der Waals surface area contributed by atoms with Crippen LogP contribution in [0.5, 0.6) is 0 Å². The second-order valence-corrected chi connectivity index (χ2v) is 6.12. The van der Waals surface area contributed by atoms with E-state index in [1.165, 1.54) is 6.92 Å². The molecule has 0 saturated heterocycles. The van der Waals surface area contributed by atoms with Gasteiger partial charge in [-0.1, -0.05) is 0 Å². The molecule has 27 heavy (non-hydrogen) atoms. The number of hydrogen-bond acceptors (Lipinski definition) is 7. The monoisotopic (exact) mass is 389 g/mol. The van der Waals surface area contributed by atoms with Gasteiger partial charge in [0.25, 0.3) is 0 Å². The summed E-state index contributed by atoms with van der Waals surface area (Å²) in [7, 11) is 0. The Labute approximate surface area is 155 Å². The van der Waals surface area contributed by atoms with Crippen LogP contribution in [0.1, 0.15) is 39.0 Å². The summed E-state index contributed by atoms with van der Waals surface area (Å²) in [6, 6.07) is -4.33. The Kier molecular flexibility index (Phi) is 10.6. The van der Waals surface area contributed by atoms with E-state index in [9.17, 15) is 24.0 Å². The number of carbonyl (C=O) groups is 5. The number of carboxylic acid groups (broad SMARTS) is 2. The highest BCUT2D eigenvalue weighted by atomic mass is 16.4. The van der Waals surface area contributed by atoms with E-state index in [-0.39, 0.29) is 32.1 Å². The minimum Gasteiger partial charge on any atom is -0.480 e. The average Bonchev–Trinajstić information content (AvgIpc) is 2.56. The maximum Gasteiger partial charge on any atom is 0.326 e. The number of carbonyl (C=O) groups excluding carboxylic acids is 3. The average molecular weight is 389 g/mol. The molecule has 0 saturated carbocycles. The predicted octanol–water partition coefficient (Wildman–Crippen LogP) is -2.76. The first-order valence-electron chi connectivity index (χ1n) is 8.31. The number of aliphatic carboxylic acids is 2. The van der Waals surface area contributed by atoms with Crippen LogP contribution < -0.4 is 27.8 Å². The normalized spacial score (nSPS) is 15.1. The SMILES string of the molecule is C[C@H](N)C(=O)N[C@H](CCC(=O)N[C@@H](CCC[C@@H](N)C(=O)O)C(=O)O)C(N)=O. The van der Waals surface area contributed by atoms with E-state index in [4.69, 9.17) is 27.4 Å². The third-order valence-electron chi connectivity index (χ3n) is 3.69. The number of nitrogens with one attached hydrogen (secondary N) is 2. The molecule has 0 rings (SSSR count). The molecule has 0 aromatic heterocycles. The maximum atomic E-state index is 11.9. The van der Waals surface area contributed by atoms with Crippen molar-refractivity contribution in [1.29, 1.82) is 0 Å². The molecule has 0 heterocycles. The van der Waals surface area contributed by atoms with Crippen LogP contribution in [0.15, 0.2) is 0 Å². The lowest BCUT2D eigenvalue weighted by Gasteiger charge is -2.18. The van der Waals surface area contributed by atoms with Crippen molar-refractivity contribution in [2.75, 3.05) is 0 Å². The zero-order valence-corrected chi connectivity index (χ0v) is 15.0. The van der Waals surface area contributed by atoms with Crippen LogP contribution in [-0.2, 0) is 24.0 Å². The number of nitrogens with two attached hydrogens (primary N) is 3. The summed E-state index contributed by atoms with van der Waals surface area (Å²) in [6.45, 7) is 1.41. The first-order chi connectivity index (χ1) is 12.5. The Morgan fingerprint density at radius 3 is 1.93 bits per heavy atom. The van der Waals surface area contributed by atoms with Crippen molar-refractivity contribution in [2.24, 2.45) is 17.2 Å².